The Balaban J connectivity index is 2.54. The van der Waals surface area contributed by atoms with E-state index in [0.717, 1.165) is 20.6 Å². The molecule has 0 radical (unpaired) electrons. The molecule has 0 fully saturated rings. The average molecular weight is 572 g/mol. The predicted octanol–water partition coefficient (Wildman–Crippen LogP) is 4.56. The number of rotatable bonds is 11. The summed E-state index contributed by atoms with van der Waals surface area (Å²) in [5.74, 6) is -0.898. The highest BCUT2D eigenvalue weighted by atomic mass is 35.5. The van der Waals surface area contributed by atoms with Gasteiger partial charge >= 0.3 is 10.2 Å². The zero-order chi connectivity index (χ0) is 28.1. The van der Waals surface area contributed by atoms with Crippen LogP contribution in [0.2, 0.25) is 10.0 Å². The normalized spacial score (nSPS) is 13.2. The van der Waals surface area contributed by atoms with Gasteiger partial charge in [-0.25, -0.2) is 4.31 Å². The minimum atomic E-state index is -4.04. The third-order valence-electron chi connectivity index (χ3n) is 6.18. The second-order valence-electron chi connectivity index (χ2n) is 9.34. The summed E-state index contributed by atoms with van der Waals surface area (Å²) < 4.78 is 28.8. The van der Waals surface area contributed by atoms with Gasteiger partial charge < -0.3 is 10.2 Å². The lowest BCUT2D eigenvalue weighted by molar-refractivity contribution is -0.139. The monoisotopic (exact) mass is 570 g/mol. The van der Waals surface area contributed by atoms with Crippen LogP contribution in [0.4, 0.5) is 5.69 Å². The van der Waals surface area contributed by atoms with Gasteiger partial charge in [0.05, 0.1) is 5.69 Å². The molecule has 11 heteroatoms. The van der Waals surface area contributed by atoms with Crippen LogP contribution in [-0.2, 0) is 26.3 Å². The van der Waals surface area contributed by atoms with E-state index in [0.29, 0.717) is 26.9 Å². The van der Waals surface area contributed by atoms with Gasteiger partial charge in [-0.2, -0.15) is 12.7 Å². The molecule has 2 atom stereocenters. The van der Waals surface area contributed by atoms with Gasteiger partial charge in [0, 0.05) is 36.7 Å². The molecule has 0 spiro atoms. The maximum Gasteiger partial charge on any atom is 0.304 e. The number of halogens is 2. The van der Waals surface area contributed by atoms with Crippen LogP contribution in [0.1, 0.15) is 43.9 Å². The standard InChI is InChI=1S/C26H36Cl2N4O4S/c1-8-19(4)29-26(34)20(5)31(15-21-11-12-22(27)14-23(21)28)25(33)16-32(37(35,36)30(6)7)24-13-17(2)9-10-18(24)3/h9-14,19-20H,8,15-16H2,1-7H3,(H,29,34)/t19-,20+/m1/s1. The first kappa shape index (κ1) is 30.9. The molecular weight excluding hydrogens is 535 g/mol. The van der Waals surface area contributed by atoms with Crippen LogP contribution in [0.3, 0.4) is 0 Å². The molecule has 0 aromatic heterocycles. The number of hydrogen-bond acceptors (Lipinski definition) is 4. The fraction of sp³-hybridized carbons (Fsp3) is 0.462. The van der Waals surface area contributed by atoms with E-state index in [1.165, 1.54) is 19.0 Å². The Bertz CT molecular complexity index is 1240. The van der Waals surface area contributed by atoms with E-state index in [9.17, 15) is 18.0 Å². The van der Waals surface area contributed by atoms with Crippen LogP contribution in [-0.4, -0.2) is 62.2 Å². The van der Waals surface area contributed by atoms with E-state index in [1.807, 2.05) is 26.8 Å². The summed E-state index contributed by atoms with van der Waals surface area (Å²) in [7, 11) is -1.22. The van der Waals surface area contributed by atoms with E-state index < -0.39 is 28.7 Å². The quantitative estimate of drug-likeness (QED) is 0.429. The van der Waals surface area contributed by atoms with Crippen LogP contribution in [0.5, 0.6) is 0 Å². The minimum absolute atomic E-state index is 0.00736. The maximum atomic E-state index is 13.8. The van der Waals surface area contributed by atoms with E-state index >= 15 is 0 Å². The molecule has 0 bridgehead atoms. The number of benzene rings is 2. The highest BCUT2D eigenvalue weighted by molar-refractivity contribution is 7.90. The van der Waals surface area contributed by atoms with Gasteiger partial charge in [-0.3, -0.25) is 9.59 Å². The molecule has 0 heterocycles. The van der Waals surface area contributed by atoms with Gasteiger partial charge in [-0.1, -0.05) is 48.3 Å². The Morgan fingerprint density at radius 3 is 2.24 bits per heavy atom. The molecule has 0 aliphatic rings. The van der Waals surface area contributed by atoms with E-state index in [4.69, 9.17) is 23.2 Å². The summed E-state index contributed by atoms with van der Waals surface area (Å²) in [6, 6.07) is 9.31. The van der Waals surface area contributed by atoms with Crippen LogP contribution >= 0.6 is 23.2 Å². The number of hydrogen-bond donors (Lipinski definition) is 1. The summed E-state index contributed by atoms with van der Waals surface area (Å²) in [5, 5.41) is 3.67. The minimum Gasteiger partial charge on any atom is -0.352 e. The molecule has 0 aliphatic heterocycles. The Kier molecular flexibility index (Phi) is 10.8. The molecular formula is C26H36Cl2N4O4S. The number of amides is 2. The lowest BCUT2D eigenvalue weighted by Crippen LogP contribution is -2.53. The van der Waals surface area contributed by atoms with E-state index in [1.54, 1.807) is 44.2 Å². The Labute approximate surface area is 230 Å². The van der Waals surface area contributed by atoms with Crippen molar-refractivity contribution in [2.24, 2.45) is 0 Å². The van der Waals surface area contributed by atoms with Crippen molar-refractivity contribution in [3.8, 4) is 0 Å². The molecule has 2 amide bonds. The zero-order valence-electron chi connectivity index (χ0n) is 22.4. The molecule has 0 saturated carbocycles. The van der Waals surface area contributed by atoms with Crippen molar-refractivity contribution < 1.29 is 18.0 Å². The van der Waals surface area contributed by atoms with Gasteiger partial charge in [0.15, 0.2) is 0 Å². The molecule has 8 nitrogen and oxygen atoms in total. The van der Waals surface area contributed by atoms with Crippen LogP contribution in [0.25, 0.3) is 0 Å². The Morgan fingerprint density at radius 1 is 1.03 bits per heavy atom. The smallest absolute Gasteiger partial charge is 0.304 e. The van der Waals surface area contributed by atoms with Crippen molar-refractivity contribution >= 4 is 50.9 Å². The third-order valence-corrected chi connectivity index (χ3v) is 8.57. The lowest BCUT2D eigenvalue weighted by Gasteiger charge is -2.34. The highest BCUT2D eigenvalue weighted by Gasteiger charge is 2.33. The fourth-order valence-electron chi connectivity index (χ4n) is 3.57. The maximum absolute atomic E-state index is 13.8. The average Bonchev–Trinajstić information content (AvgIpc) is 2.82. The van der Waals surface area contributed by atoms with E-state index in [2.05, 4.69) is 5.32 Å². The van der Waals surface area contributed by atoms with Crippen molar-refractivity contribution in [2.75, 3.05) is 24.9 Å². The number of anilines is 1. The Morgan fingerprint density at radius 2 is 1.68 bits per heavy atom. The third kappa shape index (κ3) is 7.83. The van der Waals surface area contributed by atoms with Gasteiger partial charge in [-0.15, -0.1) is 0 Å². The van der Waals surface area contributed by atoms with Gasteiger partial charge in [0.25, 0.3) is 0 Å². The van der Waals surface area contributed by atoms with Crippen molar-refractivity contribution in [1.82, 2.24) is 14.5 Å². The second kappa shape index (κ2) is 13.0. The summed E-state index contributed by atoms with van der Waals surface area (Å²) >= 11 is 12.4. The van der Waals surface area contributed by atoms with E-state index in [-0.39, 0.29) is 18.5 Å². The summed E-state index contributed by atoms with van der Waals surface area (Å²) in [6.07, 6.45) is 0.719. The first-order chi connectivity index (χ1) is 17.2. The van der Waals surface area contributed by atoms with Crippen molar-refractivity contribution in [3.63, 3.8) is 0 Å². The molecule has 204 valence electrons. The van der Waals surface area contributed by atoms with Crippen LogP contribution < -0.4 is 9.62 Å². The summed E-state index contributed by atoms with van der Waals surface area (Å²) in [6.45, 7) is 8.55. The second-order valence-corrected chi connectivity index (χ2v) is 12.2. The number of carbonyl (C=O) groups excluding carboxylic acids is 2. The van der Waals surface area contributed by atoms with Crippen molar-refractivity contribution in [3.05, 3.63) is 63.1 Å². The van der Waals surface area contributed by atoms with Gasteiger partial charge in [-0.05, 0) is 69.0 Å². The Hall–Kier alpha value is -2.33. The number of aryl methyl sites for hydroxylation is 2. The van der Waals surface area contributed by atoms with Gasteiger partial charge in [0.2, 0.25) is 11.8 Å². The summed E-state index contributed by atoms with van der Waals surface area (Å²) in [5.41, 5.74) is 2.51. The molecule has 0 saturated heterocycles. The highest BCUT2D eigenvalue weighted by Crippen LogP contribution is 2.27. The topological polar surface area (TPSA) is 90.0 Å². The summed E-state index contributed by atoms with van der Waals surface area (Å²) in [4.78, 5) is 28.2. The first-order valence-corrected chi connectivity index (χ1v) is 14.2. The zero-order valence-corrected chi connectivity index (χ0v) is 24.7. The predicted molar refractivity (Wildman–Crippen MR) is 150 cm³/mol. The van der Waals surface area contributed by atoms with Crippen molar-refractivity contribution in [1.29, 1.82) is 0 Å². The SMILES string of the molecule is CC[C@@H](C)NC(=O)[C@H](C)N(Cc1ccc(Cl)cc1Cl)C(=O)CN(c1cc(C)ccc1C)S(=O)(=O)N(C)C. The number of carbonyl (C=O) groups is 2. The molecule has 2 aromatic rings. The first-order valence-electron chi connectivity index (χ1n) is 12.0. The number of nitrogens with one attached hydrogen (secondary N) is 1. The lowest BCUT2D eigenvalue weighted by atomic mass is 10.1. The van der Waals surface area contributed by atoms with Crippen LogP contribution in [0.15, 0.2) is 36.4 Å². The fourth-order valence-corrected chi connectivity index (χ4v) is 5.15. The number of nitrogens with zero attached hydrogens (tertiary/aromatic N) is 3. The largest absolute Gasteiger partial charge is 0.352 e. The molecule has 2 aromatic carbocycles. The van der Waals surface area contributed by atoms with Gasteiger partial charge in [0.1, 0.15) is 12.6 Å². The molecule has 37 heavy (non-hydrogen) atoms. The van der Waals surface area contributed by atoms with Crippen molar-refractivity contribution in [2.45, 2.75) is 59.7 Å². The molecule has 2 rings (SSSR count). The molecule has 1 N–H and O–H groups in total. The molecule has 0 aliphatic carbocycles. The van der Waals surface area contributed by atoms with Crippen LogP contribution in [0, 0.1) is 13.8 Å². The molecule has 0 unspecified atom stereocenters.